The summed E-state index contributed by atoms with van der Waals surface area (Å²) in [5.41, 5.74) is 8.49. The lowest BCUT2D eigenvalue weighted by Gasteiger charge is -2.31. The van der Waals surface area contributed by atoms with Crippen LogP contribution in [0.2, 0.25) is 0 Å². The molecule has 0 saturated heterocycles. The number of amides is 1. The average Bonchev–Trinajstić information content (AvgIpc) is 2.62. The quantitative estimate of drug-likeness (QED) is 0.633. The van der Waals surface area contributed by atoms with E-state index in [1.807, 2.05) is 55.5 Å². The molecule has 0 spiro atoms. The highest BCUT2D eigenvalue weighted by atomic mass is 79.9. The maximum absolute atomic E-state index is 12.3. The Labute approximate surface area is 165 Å². The molecule has 1 aliphatic heterocycles. The van der Waals surface area contributed by atoms with E-state index in [4.69, 9.17) is 22.7 Å². The molecule has 0 saturated carbocycles. The molecule has 1 heterocycles. The highest BCUT2D eigenvalue weighted by Crippen LogP contribution is 2.32. The van der Waals surface area contributed by atoms with Gasteiger partial charge in [0.05, 0.1) is 23.9 Å². The molecule has 134 valence electrons. The fourth-order valence-corrected chi connectivity index (χ4v) is 3.33. The van der Waals surface area contributed by atoms with Gasteiger partial charge in [-0.1, -0.05) is 40.2 Å². The third-order valence-corrected chi connectivity index (χ3v) is 4.74. The van der Waals surface area contributed by atoms with Gasteiger partial charge in [0.25, 0.3) is 0 Å². The number of halogens is 1. The van der Waals surface area contributed by atoms with E-state index in [0.29, 0.717) is 23.0 Å². The van der Waals surface area contributed by atoms with Crippen molar-refractivity contribution in [3.63, 3.8) is 0 Å². The highest BCUT2D eigenvalue weighted by molar-refractivity contribution is 9.10. The van der Waals surface area contributed by atoms with Crippen molar-refractivity contribution in [2.24, 2.45) is 5.73 Å². The first-order chi connectivity index (χ1) is 12.5. The summed E-state index contributed by atoms with van der Waals surface area (Å²) in [6.07, 6.45) is 0. The van der Waals surface area contributed by atoms with Crippen LogP contribution in [-0.2, 0) is 4.79 Å². The minimum absolute atomic E-state index is 0.435. The Morgan fingerprint density at radius 1 is 1.19 bits per heavy atom. The molecule has 1 atom stereocenters. The predicted octanol–water partition coefficient (Wildman–Crippen LogP) is 3.26. The molecule has 0 bridgehead atoms. The van der Waals surface area contributed by atoms with Crippen LogP contribution < -0.4 is 21.1 Å². The molecule has 4 N–H and O–H groups in total. The summed E-state index contributed by atoms with van der Waals surface area (Å²) in [7, 11) is 0. The Morgan fingerprint density at radius 3 is 2.42 bits per heavy atom. The van der Waals surface area contributed by atoms with Gasteiger partial charge in [-0.15, -0.1) is 0 Å². The summed E-state index contributed by atoms with van der Waals surface area (Å²) in [5.74, 6) is 0.259. The molecule has 0 radical (unpaired) electrons. The van der Waals surface area contributed by atoms with Gasteiger partial charge in [-0.3, -0.25) is 4.79 Å². The number of rotatable bonds is 5. The zero-order chi connectivity index (χ0) is 18.7. The normalized spacial score (nSPS) is 16.7. The Balaban J connectivity index is 2.07. The zero-order valence-corrected chi connectivity index (χ0v) is 16.5. The van der Waals surface area contributed by atoms with Crippen molar-refractivity contribution in [2.45, 2.75) is 13.0 Å². The van der Waals surface area contributed by atoms with Crippen LogP contribution in [0.3, 0.4) is 0 Å². The van der Waals surface area contributed by atoms with Crippen LogP contribution in [0, 0.1) is 0 Å². The van der Waals surface area contributed by atoms with Gasteiger partial charge in [0, 0.05) is 4.47 Å². The first-order valence-electron chi connectivity index (χ1n) is 8.09. The second-order valence-electron chi connectivity index (χ2n) is 5.69. The van der Waals surface area contributed by atoms with Crippen molar-refractivity contribution in [3.05, 3.63) is 69.7 Å². The number of hydrogen-bond donors (Lipinski definition) is 3. The lowest BCUT2D eigenvalue weighted by molar-refractivity contribution is -0.114. The maximum atomic E-state index is 12.3. The van der Waals surface area contributed by atoms with Gasteiger partial charge in [-0.2, -0.15) is 0 Å². The van der Waals surface area contributed by atoms with E-state index < -0.39 is 11.9 Å². The monoisotopic (exact) mass is 431 g/mol. The summed E-state index contributed by atoms with van der Waals surface area (Å²) in [5, 5.41) is 6.65. The number of ether oxygens (including phenoxy) is 1. The molecule has 7 heteroatoms. The standard InChI is InChI=1S/C19H18BrN3O2S/c1-2-25-14-9-5-12(6-10-14)17-15(18(21)24)16(22-19(26)23-17)11-3-7-13(20)8-4-11/h3-10,17H,2H2,1H3,(H2,21,24)(H2,22,23,26). The number of nitrogens with one attached hydrogen (secondary N) is 2. The molecule has 5 nitrogen and oxygen atoms in total. The summed E-state index contributed by atoms with van der Waals surface area (Å²) >= 11 is 8.77. The van der Waals surface area contributed by atoms with Crippen molar-refractivity contribution < 1.29 is 9.53 Å². The lowest BCUT2D eigenvalue weighted by Crippen LogP contribution is -2.46. The summed E-state index contributed by atoms with van der Waals surface area (Å²) in [4.78, 5) is 12.3. The van der Waals surface area contributed by atoms with Gasteiger partial charge in [0.15, 0.2) is 5.11 Å². The molecule has 1 amide bonds. The summed E-state index contributed by atoms with van der Waals surface area (Å²) in [6.45, 7) is 2.52. The topological polar surface area (TPSA) is 76.4 Å². The van der Waals surface area contributed by atoms with Crippen LogP contribution in [0.1, 0.15) is 24.1 Å². The van der Waals surface area contributed by atoms with E-state index in [2.05, 4.69) is 26.6 Å². The Morgan fingerprint density at radius 2 is 1.85 bits per heavy atom. The number of hydrogen-bond acceptors (Lipinski definition) is 3. The zero-order valence-electron chi connectivity index (χ0n) is 14.1. The molecule has 3 rings (SSSR count). The molecule has 26 heavy (non-hydrogen) atoms. The van der Waals surface area contributed by atoms with Crippen molar-refractivity contribution in [1.29, 1.82) is 0 Å². The molecule has 0 aromatic heterocycles. The summed E-state index contributed by atoms with van der Waals surface area (Å²) < 4.78 is 6.42. The molecule has 1 aliphatic rings. The van der Waals surface area contributed by atoms with E-state index >= 15 is 0 Å². The minimum atomic E-state index is -0.510. The van der Waals surface area contributed by atoms with Crippen LogP contribution in [0.15, 0.2) is 58.6 Å². The SMILES string of the molecule is CCOc1ccc(C2NC(=S)NC(c3ccc(Br)cc3)=C2C(N)=O)cc1. The first-order valence-corrected chi connectivity index (χ1v) is 9.30. The van der Waals surface area contributed by atoms with E-state index in [9.17, 15) is 4.79 Å². The molecule has 0 aliphatic carbocycles. The van der Waals surface area contributed by atoms with E-state index in [1.165, 1.54) is 0 Å². The molecule has 2 aromatic carbocycles. The van der Waals surface area contributed by atoms with Gasteiger partial charge >= 0.3 is 0 Å². The number of primary amides is 1. The molecule has 2 aromatic rings. The molecule has 1 unspecified atom stereocenters. The van der Waals surface area contributed by atoms with Crippen LogP contribution >= 0.6 is 28.1 Å². The number of thiocarbonyl (C=S) groups is 1. The second kappa shape index (κ2) is 7.88. The third kappa shape index (κ3) is 3.89. The van der Waals surface area contributed by atoms with Crippen LogP contribution in [0.25, 0.3) is 5.70 Å². The smallest absolute Gasteiger partial charge is 0.249 e. The van der Waals surface area contributed by atoms with Crippen LogP contribution in [0.4, 0.5) is 0 Å². The van der Waals surface area contributed by atoms with Crippen molar-refractivity contribution in [1.82, 2.24) is 10.6 Å². The number of nitrogens with two attached hydrogens (primary N) is 1. The second-order valence-corrected chi connectivity index (χ2v) is 7.02. The first kappa shape index (κ1) is 18.4. The van der Waals surface area contributed by atoms with Crippen LogP contribution in [0.5, 0.6) is 5.75 Å². The minimum Gasteiger partial charge on any atom is -0.494 e. The van der Waals surface area contributed by atoms with Crippen molar-refractivity contribution >= 4 is 44.9 Å². The third-order valence-electron chi connectivity index (χ3n) is 3.99. The van der Waals surface area contributed by atoms with Crippen molar-refractivity contribution in [2.75, 3.05) is 6.61 Å². The fraction of sp³-hybridized carbons (Fsp3) is 0.158. The predicted molar refractivity (Wildman–Crippen MR) is 109 cm³/mol. The van der Waals surface area contributed by atoms with E-state index in [-0.39, 0.29) is 0 Å². The van der Waals surface area contributed by atoms with Gasteiger partial charge in [0.1, 0.15) is 5.75 Å². The Kier molecular flexibility index (Phi) is 5.58. The highest BCUT2D eigenvalue weighted by Gasteiger charge is 2.30. The summed E-state index contributed by atoms with van der Waals surface area (Å²) in [6, 6.07) is 14.7. The van der Waals surface area contributed by atoms with Gasteiger partial charge in [-0.25, -0.2) is 0 Å². The number of carbonyl (C=O) groups is 1. The van der Waals surface area contributed by atoms with Crippen LogP contribution in [-0.4, -0.2) is 17.6 Å². The lowest BCUT2D eigenvalue weighted by atomic mass is 9.92. The largest absolute Gasteiger partial charge is 0.494 e. The van der Waals surface area contributed by atoms with Gasteiger partial charge in [-0.05, 0) is 54.5 Å². The average molecular weight is 432 g/mol. The van der Waals surface area contributed by atoms with Crippen molar-refractivity contribution in [3.8, 4) is 5.75 Å². The van der Waals surface area contributed by atoms with E-state index in [1.54, 1.807) is 0 Å². The Bertz CT molecular complexity index is 863. The fourth-order valence-electron chi connectivity index (χ4n) is 2.85. The number of carbonyl (C=O) groups excluding carboxylic acids is 1. The Hall–Kier alpha value is -2.38. The molecular weight excluding hydrogens is 414 g/mol. The van der Waals surface area contributed by atoms with E-state index in [0.717, 1.165) is 21.3 Å². The molecular formula is C19H18BrN3O2S. The van der Waals surface area contributed by atoms with Gasteiger partial charge < -0.3 is 21.1 Å². The van der Waals surface area contributed by atoms with Gasteiger partial charge in [0.2, 0.25) is 5.91 Å². The molecule has 0 fully saturated rings. The maximum Gasteiger partial charge on any atom is 0.249 e. The number of benzene rings is 2.